The summed E-state index contributed by atoms with van der Waals surface area (Å²) in [6.07, 6.45) is 8.84. The molecule has 1 heterocycles. The monoisotopic (exact) mass is 395 g/mol. The lowest BCUT2D eigenvalue weighted by atomic mass is 9.45. The molecular weight excluding hydrogens is 362 g/mol. The normalized spacial score (nSPS) is 36.8. The number of hydrogen-bond acceptors (Lipinski definition) is 3. The molecule has 4 aliphatic carbocycles. The smallest absolute Gasteiger partial charge is 0.234 e. The Morgan fingerprint density at radius 3 is 2.31 bits per heavy atom. The number of carbonyl (C=O) groups is 2. The maximum Gasteiger partial charge on any atom is 0.234 e. The fraction of sp³-hybridized carbons (Fsp3) is 0.667. The summed E-state index contributed by atoms with van der Waals surface area (Å²) in [6, 6.07) is 11.0. The first-order valence-corrected chi connectivity index (χ1v) is 11.3. The van der Waals surface area contributed by atoms with Crippen LogP contribution in [0.4, 0.5) is 0 Å². The van der Waals surface area contributed by atoms with Gasteiger partial charge in [0.2, 0.25) is 11.8 Å². The number of benzene rings is 1. The Morgan fingerprint density at radius 1 is 1.03 bits per heavy atom. The van der Waals surface area contributed by atoms with Crippen LogP contribution in [0.5, 0.6) is 0 Å². The molecule has 156 valence electrons. The van der Waals surface area contributed by atoms with Crippen LogP contribution in [0, 0.1) is 17.8 Å². The van der Waals surface area contributed by atoms with Crippen molar-refractivity contribution in [1.29, 1.82) is 0 Å². The molecule has 1 saturated heterocycles. The number of piperidine rings is 1. The summed E-state index contributed by atoms with van der Waals surface area (Å²) in [7, 11) is 0. The van der Waals surface area contributed by atoms with Crippen molar-refractivity contribution in [2.45, 2.75) is 62.3 Å². The van der Waals surface area contributed by atoms with Gasteiger partial charge in [-0.15, -0.1) is 0 Å². The van der Waals surface area contributed by atoms with E-state index in [0.29, 0.717) is 6.54 Å². The average Bonchev–Trinajstić information content (AvgIpc) is 2.67. The molecule has 29 heavy (non-hydrogen) atoms. The van der Waals surface area contributed by atoms with Crippen LogP contribution in [0.3, 0.4) is 0 Å². The number of primary amides is 1. The minimum absolute atomic E-state index is 0.0248. The second kappa shape index (κ2) is 7.12. The van der Waals surface area contributed by atoms with Gasteiger partial charge < -0.3 is 11.1 Å². The van der Waals surface area contributed by atoms with Crippen LogP contribution in [0.15, 0.2) is 30.3 Å². The Bertz CT molecular complexity index is 771. The summed E-state index contributed by atoms with van der Waals surface area (Å²) in [6.45, 7) is 2.02. The molecule has 3 N–H and O–H groups in total. The molecule has 2 amide bonds. The lowest BCUT2D eigenvalue weighted by molar-refractivity contribution is -0.129. The molecule has 5 heteroatoms. The predicted molar refractivity (Wildman–Crippen MR) is 112 cm³/mol. The first kappa shape index (κ1) is 19.1. The molecule has 0 aromatic heterocycles. The van der Waals surface area contributed by atoms with Crippen molar-refractivity contribution in [2.24, 2.45) is 23.5 Å². The van der Waals surface area contributed by atoms with E-state index in [1.807, 2.05) is 0 Å². The molecule has 5 aliphatic rings. The summed E-state index contributed by atoms with van der Waals surface area (Å²) < 4.78 is 0. The van der Waals surface area contributed by atoms with Crippen molar-refractivity contribution in [2.75, 3.05) is 19.6 Å². The van der Waals surface area contributed by atoms with E-state index in [4.69, 9.17) is 5.73 Å². The van der Waals surface area contributed by atoms with Gasteiger partial charge in [-0.25, -0.2) is 0 Å². The maximum absolute atomic E-state index is 13.0. The van der Waals surface area contributed by atoms with Crippen molar-refractivity contribution in [3.8, 4) is 0 Å². The summed E-state index contributed by atoms with van der Waals surface area (Å²) in [5.41, 5.74) is 7.13. The number of likely N-dealkylation sites (tertiary alicyclic amines) is 1. The van der Waals surface area contributed by atoms with Gasteiger partial charge in [-0.3, -0.25) is 14.5 Å². The second-order valence-corrected chi connectivity index (χ2v) is 10.4. The van der Waals surface area contributed by atoms with Crippen LogP contribution in [0.1, 0.15) is 56.9 Å². The zero-order valence-electron chi connectivity index (χ0n) is 17.2. The van der Waals surface area contributed by atoms with E-state index < -0.39 is 0 Å². The van der Waals surface area contributed by atoms with Gasteiger partial charge >= 0.3 is 0 Å². The number of rotatable bonds is 5. The number of hydrogen-bond donors (Lipinski definition) is 2. The number of nitrogens with zero attached hydrogens (tertiary/aromatic N) is 1. The standard InChI is InChI=1S/C24H33N3O2/c25-22(29)19-6-8-27(9-7-19)15-21(28)26-24-13-17-10-18(14-24)12-23(11-17,16-24)20-4-2-1-3-5-20/h1-5,17-19H,6-16H2,(H2,25,29)(H,26,28). The average molecular weight is 396 g/mol. The minimum Gasteiger partial charge on any atom is -0.369 e. The fourth-order valence-electron chi connectivity index (χ4n) is 7.45. The Balaban J connectivity index is 1.26. The van der Waals surface area contributed by atoms with Gasteiger partial charge in [-0.1, -0.05) is 30.3 Å². The van der Waals surface area contributed by atoms with Gasteiger partial charge in [0.1, 0.15) is 0 Å². The first-order valence-electron chi connectivity index (χ1n) is 11.3. The quantitative estimate of drug-likeness (QED) is 0.805. The molecule has 5 nitrogen and oxygen atoms in total. The summed E-state index contributed by atoms with van der Waals surface area (Å²) >= 11 is 0. The van der Waals surface area contributed by atoms with Crippen LogP contribution in [0.25, 0.3) is 0 Å². The van der Waals surface area contributed by atoms with Crippen molar-refractivity contribution >= 4 is 11.8 Å². The summed E-state index contributed by atoms with van der Waals surface area (Å²) in [5.74, 6) is 1.41. The Kier molecular flexibility index (Phi) is 4.69. The summed E-state index contributed by atoms with van der Waals surface area (Å²) in [5, 5.41) is 3.53. The largest absolute Gasteiger partial charge is 0.369 e. The van der Waals surface area contributed by atoms with Crippen LogP contribution in [-0.2, 0) is 15.0 Å². The molecule has 1 aromatic rings. The number of carbonyl (C=O) groups excluding carboxylic acids is 2. The molecule has 4 saturated carbocycles. The molecule has 0 radical (unpaired) electrons. The molecule has 6 rings (SSSR count). The predicted octanol–water partition coefficient (Wildman–Crippen LogP) is 2.59. The van der Waals surface area contributed by atoms with Gasteiger partial charge in [-0.05, 0) is 87.3 Å². The van der Waals surface area contributed by atoms with Gasteiger partial charge in [0.15, 0.2) is 0 Å². The Labute approximate surface area is 173 Å². The maximum atomic E-state index is 13.0. The van der Waals surface area contributed by atoms with Crippen molar-refractivity contribution in [1.82, 2.24) is 10.2 Å². The number of nitrogens with two attached hydrogens (primary N) is 1. The molecule has 5 fully saturated rings. The van der Waals surface area contributed by atoms with Crippen LogP contribution < -0.4 is 11.1 Å². The van der Waals surface area contributed by atoms with Gasteiger partial charge in [-0.2, -0.15) is 0 Å². The molecule has 2 unspecified atom stereocenters. The second-order valence-electron chi connectivity index (χ2n) is 10.4. The van der Waals surface area contributed by atoms with Crippen molar-refractivity contribution < 1.29 is 9.59 Å². The highest BCUT2D eigenvalue weighted by molar-refractivity contribution is 5.79. The first-order chi connectivity index (χ1) is 14.0. The highest BCUT2D eigenvalue weighted by Crippen LogP contribution is 2.62. The van der Waals surface area contributed by atoms with Crippen LogP contribution in [0.2, 0.25) is 0 Å². The third-order valence-corrected chi connectivity index (χ3v) is 8.21. The Morgan fingerprint density at radius 2 is 1.69 bits per heavy atom. The molecule has 4 bridgehead atoms. The topological polar surface area (TPSA) is 75.4 Å². The van der Waals surface area contributed by atoms with E-state index in [1.54, 1.807) is 0 Å². The lowest BCUT2D eigenvalue weighted by Crippen LogP contribution is -2.65. The van der Waals surface area contributed by atoms with E-state index in [0.717, 1.165) is 57.0 Å². The van der Waals surface area contributed by atoms with E-state index in [1.165, 1.54) is 24.8 Å². The zero-order valence-corrected chi connectivity index (χ0v) is 17.2. The summed E-state index contributed by atoms with van der Waals surface area (Å²) in [4.78, 5) is 26.6. The fourth-order valence-corrected chi connectivity index (χ4v) is 7.45. The lowest BCUT2D eigenvalue weighted by Gasteiger charge is -2.62. The highest BCUT2D eigenvalue weighted by Gasteiger charge is 2.58. The van der Waals surface area contributed by atoms with E-state index >= 15 is 0 Å². The Hall–Kier alpha value is -1.88. The molecule has 1 aliphatic heterocycles. The molecular formula is C24H33N3O2. The van der Waals surface area contributed by atoms with E-state index in [-0.39, 0.29) is 28.7 Å². The van der Waals surface area contributed by atoms with E-state index in [9.17, 15) is 9.59 Å². The van der Waals surface area contributed by atoms with E-state index in [2.05, 4.69) is 40.5 Å². The molecule has 1 aromatic carbocycles. The number of nitrogens with one attached hydrogen (secondary N) is 1. The highest BCUT2D eigenvalue weighted by atomic mass is 16.2. The third-order valence-electron chi connectivity index (χ3n) is 8.21. The SMILES string of the molecule is NC(=O)C1CCN(CC(=O)NC23CC4CC(C2)CC(c2ccccc2)(C4)C3)CC1. The molecule has 2 atom stereocenters. The third kappa shape index (κ3) is 3.58. The minimum atomic E-state index is -0.200. The van der Waals surface area contributed by atoms with Gasteiger partial charge in [0, 0.05) is 11.5 Å². The van der Waals surface area contributed by atoms with Crippen molar-refractivity contribution in [3.63, 3.8) is 0 Å². The zero-order chi connectivity index (χ0) is 20.1. The van der Waals surface area contributed by atoms with Crippen LogP contribution in [-0.4, -0.2) is 41.9 Å². The van der Waals surface area contributed by atoms with Crippen molar-refractivity contribution in [3.05, 3.63) is 35.9 Å². The van der Waals surface area contributed by atoms with Gasteiger partial charge in [0.25, 0.3) is 0 Å². The van der Waals surface area contributed by atoms with Crippen LogP contribution >= 0.6 is 0 Å². The number of amides is 2. The molecule has 0 spiro atoms. The van der Waals surface area contributed by atoms with Gasteiger partial charge in [0.05, 0.1) is 6.54 Å².